The van der Waals surface area contributed by atoms with Gasteiger partial charge >= 0.3 is 12.3 Å². The largest absolute Gasteiger partial charge is 0.383 e. The van der Waals surface area contributed by atoms with E-state index in [0.717, 1.165) is 7.05 Å². The average Bonchev–Trinajstić information content (AvgIpc) is 2.15. The fraction of sp³-hybridized carbons (Fsp3) is 0.714. The second-order valence-electron chi connectivity index (χ2n) is 2.76. The van der Waals surface area contributed by atoms with Gasteiger partial charge in [-0.3, -0.25) is 9.59 Å². The molecule has 0 aliphatic carbocycles. The number of hydrogen-bond donors (Lipinski definition) is 0. The molecule has 0 radical (unpaired) electrons. The first-order valence-corrected chi connectivity index (χ1v) is 4.26. The van der Waals surface area contributed by atoms with Crippen LogP contribution in [0.3, 0.4) is 0 Å². The summed E-state index contributed by atoms with van der Waals surface area (Å²) in [5, 5.41) is 0. The lowest BCUT2D eigenvalue weighted by Gasteiger charge is -2.21. The number of alkyl halides is 5. The minimum Gasteiger partial charge on any atom is -0.333 e. The zero-order chi connectivity index (χ0) is 12.2. The number of likely N-dealkylation sites (N-methyl/N-ethyl adjacent to an activating group) is 1. The fourth-order valence-corrected chi connectivity index (χ4v) is 0.811. The number of hydrogen-bond acceptors (Lipinski definition) is 2. The first-order valence-electron chi connectivity index (χ1n) is 3.72. The van der Waals surface area contributed by atoms with Gasteiger partial charge in [0.1, 0.15) is 0 Å². The second kappa shape index (κ2) is 5.29. The Morgan fingerprint density at radius 1 is 1.40 bits per heavy atom. The Morgan fingerprint density at radius 3 is 2.20 bits per heavy atom. The monoisotopic (exact) mass is 249 g/mol. The highest BCUT2D eigenvalue weighted by molar-refractivity contribution is 6.28. The maximum atomic E-state index is 12.5. The Bertz CT molecular complexity index is 259. The number of halogens is 5. The molecule has 0 spiro atoms. The number of carbonyl (C=O) groups is 2. The zero-order valence-electron chi connectivity index (χ0n) is 7.65. The number of ketones is 1. The Labute approximate surface area is 88.0 Å². The molecule has 0 atom stereocenters. The van der Waals surface area contributed by atoms with Gasteiger partial charge in [-0.1, -0.05) is 0 Å². The van der Waals surface area contributed by atoms with E-state index in [9.17, 15) is 27.2 Å². The highest BCUT2D eigenvalue weighted by atomic mass is 35.5. The van der Waals surface area contributed by atoms with E-state index in [1.807, 2.05) is 0 Å². The topological polar surface area (TPSA) is 37.4 Å². The molecule has 88 valence electrons. The molecule has 0 aromatic carbocycles. The van der Waals surface area contributed by atoms with Crippen molar-refractivity contribution in [2.24, 2.45) is 0 Å². The van der Waals surface area contributed by atoms with Crippen molar-refractivity contribution in [3.8, 4) is 0 Å². The number of amides is 1. The van der Waals surface area contributed by atoms with Crippen LogP contribution in [0.2, 0.25) is 0 Å². The molecule has 0 fully saturated rings. The summed E-state index contributed by atoms with van der Waals surface area (Å²) in [7, 11) is 0.822. The van der Waals surface area contributed by atoms with Crippen molar-refractivity contribution < 1.29 is 27.2 Å². The minimum atomic E-state index is -4.78. The molecule has 3 nitrogen and oxygen atoms in total. The lowest BCUT2D eigenvalue weighted by molar-refractivity contribution is -0.179. The van der Waals surface area contributed by atoms with Crippen molar-refractivity contribution in [2.75, 3.05) is 19.5 Å². The predicted molar refractivity (Wildman–Crippen MR) is 44.3 cm³/mol. The lowest BCUT2D eigenvalue weighted by atomic mass is 10.3. The van der Waals surface area contributed by atoms with Crippen LogP contribution >= 0.6 is 11.6 Å². The van der Waals surface area contributed by atoms with Crippen LogP contribution in [0, 0.1) is 0 Å². The van der Waals surface area contributed by atoms with E-state index < -0.39 is 36.5 Å². The van der Waals surface area contributed by atoms with E-state index in [4.69, 9.17) is 11.6 Å². The Kier molecular flexibility index (Phi) is 4.99. The molecule has 1 amide bonds. The van der Waals surface area contributed by atoms with Crippen molar-refractivity contribution in [3.63, 3.8) is 0 Å². The molecule has 0 rings (SSSR count). The summed E-state index contributed by atoms with van der Waals surface area (Å²) in [6.45, 7) is -0.718. The van der Waals surface area contributed by atoms with Crippen molar-refractivity contribution in [3.05, 3.63) is 0 Å². The van der Waals surface area contributed by atoms with Gasteiger partial charge in [0.05, 0.1) is 12.4 Å². The van der Waals surface area contributed by atoms with Gasteiger partial charge in [-0.05, 0) is 0 Å². The molecule has 8 heteroatoms. The first-order chi connectivity index (χ1) is 6.73. The predicted octanol–water partition coefficient (Wildman–Crippen LogP) is 1.15. The summed E-state index contributed by atoms with van der Waals surface area (Å²) in [6.07, 6.45) is -4.10. The summed E-state index contributed by atoms with van der Waals surface area (Å²) in [6, 6.07) is 0. The van der Waals surface area contributed by atoms with E-state index >= 15 is 0 Å². The third kappa shape index (κ3) is 3.65. The standard InChI is InChI=1S/C7H8ClF4NO2/c1-13(3-4(14)2-8)6(15)7(11,12)5(9)10/h5H,2-3H2,1H3. The Morgan fingerprint density at radius 2 is 1.87 bits per heavy atom. The Balaban J connectivity index is 4.51. The minimum absolute atomic E-state index is 0.219. The summed E-state index contributed by atoms with van der Waals surface area (Å²) in [5.74, 6) is -8.06. The van der Waals surface area contributed by atoms with Crippen molar-refractivity contribution in [2.45, 2.75) is 12.3 Å². The molecule has 0 aliphatic heterocycles. The lowest BCUT2D eigenvalue weighted by Crippen LogP contribution is -2.47. The zero-order valence-corrected chi connectivity index (χ0v) is 8.40. The highest BCUT2D eigenvalue weighted by Crippen LogP contribution is 2.24. The number of carbonyl (C=O) groups excluding carboxylic acids is 2. The van der Waals surface area contributed by atoms with Gasteiger partial charge in [0.15, 0.2) is 5.78 Å². The summed E-state index contributed by atoms with van der Waals surface area (Å²) >= 11 is 5.05. The van der Waals surface area contributed by atoms with Crippen LogP contribution in [-0.2, 0) is 9.59 Å². The normalized spacial score (nSPS) is 11.7. The van der Waals surface area contributed by atoms with Crippen LogP contribution in [0.25, 0.3) is 0 Å². The Hall–Kier alpha value is -0.850. The van der Waals surface area contributed by atoms with E-state index in [0.29, 0.717) is 0 Å². The highest BCUT2D eigenvalue weighted by Gasteiger charge is 2.50. The van der Waals surface area contributed by atoms with Gasteiger partial charge in [-0.25, -0.2) is 8.78 Å². The molecule has 0 N–H and O–H groups in total. The molecule has 0 bridgehead atoms. The molecule has 0 aliphatic rings. The molecular formula is C7H8ClF4NO2. The van der Waals surface area contributed by atoms with E-state index in [1.54, 1.807) is 0 Å². The summed E-state index contributed by atoms with van der Waals surface area (Å²) in [4.78, 5) is 21.6. The number of nitrogens with zero attached hydrogens (tertiary/aromatic N) is 1. The van der Waals surface area contributed by atoms with Crippen LogP contribution in [0.1, 0.15) is 0 Å². The third-order valence-corrected chi connectivity index (χ3v) is 1.77. The maximum Gasteiger partial charge on any atom is 0.383 e. The molecule has 0 saturated heterocycles. The van der Waals surface area contributed by atoms with Crippen molar-refractivity contribution in [1.82, 2.24) is 4.90 Å². The van der Waals surface area contributed by atoms with Gasteiger partial charge in [0.25, 0.3) is 5.91 Å². The molecule has 0 heterocycles. The van der Waals surface area contributed by atoms with Crippen molar-refractivity contribution in [1.29, 1.82) is 0 Å². The van der Waals surface area contributed by atoms with Gasteiger partial charge in [0, 0.05) is 7.05 Å². The third-order valence-electron chi connectivity index (χ3n) is 1.47. The maximum absolute atomic E-state index is 12.5. The van der Waals surface area contributed by atoms with E-state index in [-0.39, 0.29) is 4.90 Å². The SMILES string of the molecule is CN(CC(=O)CCl)C(=O)C(F)(F)C(F)F. The van der Waals surface area contributed by atoms with Crippen LogP contribution < -0.4 is 0 Å². The molecular weight excluding hydrogens is 242 g/mol. The molecule has 0 unspecified atom stereocenters. The van der Waals surface area contributed by atoms with Crippen LogP contribution in [0.4, 0.5) is 17.6 Å². The van der Waals surface area contributed by atoms with Crippen LogP contribution in [0.15, 0.2) is 0 Å². The number of Topliss-reactive ketones (excluding diaryl/α,β-unsaturated/α-hetero) is 1. The van der Waals surface area contributed by atoms with Gasteiger partial charge in [-0.15, -0.1) is 11.6 Å². The van der Waals surface area contributed by atoms with Gasteiger partial charge in [-0.2, -0.15) is 8.78 Å². The molecule has 0 aromatic heterocycles. The summed E-state index contributed by atoms with van der Waals surface area (Å²) < 4.78 is 48.4. The van der Waals surface area contributed by atoms with Gasteiger partial charge in [0.2, 0.25) is 0 Å². The van der Waals surface area contributed by atoms with Crippen LogP contribution in [0.5, 0.6) is 0 Å². The van der Waals surface area contributed by atoms with E-state index in [2.05, 4.69) is 0 Å². The average molecular weight is 250 g/mol. The molecule has 0 aromatic rings. The smallest absolute Gasteiger partial charge is 0.333 e. The van der Waals surface area contributed by atoms with Crippen molar-refractivity contribution >= 4 is 23.3 Å². The number of rotatable bonds is 5. The summed E-state index contributed by atoms with van der Waals surface area (Å²) in [5.41, 5.74) is 0. The fourth-order valence-electron chi connectivity index (χ4n) is 0.726. The van der Waals surface area contributed by atoms with Gasteiger partial charge < -0.3 is 4.90 Å². The first kappa shape index (κ1) is 14.2. The second-order valence-corrected chi connectivity index (χ2v) is 3.02. The van der Waals surface area contributed by atoms with Crippen LogP contribution in [-0.4, -0.2) is 48.4 Å². The quantitative estimate of drug-likeness (QED) is 0.542. The van der Waals surface area contributed by atoms with E-state index in [1.165, 1.54) is 0 Å². The molecule has 0 saturated carbocycles. The molecule has 15 heavy (non-hydrogen) atoms.